The topological polar surface area (TPSA) is 512 Å². The van der Waals surface area contributed by atoms with Crippen molar-refractivity contribution in [2.45, 2.75) is 166 Å². The Bertz CT molecular complexity index is 2610. The van der Waals surface area contributed by atoms with Crippen molar-refractivity contribution in [2.75, 3.05) is 26.2 Å². The SMILES string of the molecule is CC(C)C[C@H](CC(=O)[C@H](CCCN=C(N)N)NC(=O)[C@@H](CC(=O)[C@H](CCCCN)NC(=O)[C@H](CC(=O)O)CC(=O)[C@@H](NC(=O)[C@H](Cc1cnc[nH]1)NC(=O)[C@@H]1CC(O)CN1C(=O)[C@@H](C)CCCN=C(N)N)[C@@H](C)O)Cc1ccc(O)cc1)C(N)=O. The third-order valence-electron chi connectivity index (χ3n) is 14.5. The van der Waals surface area contributed by atoms with Gasteiger partial charge in [-0.15, -0.1) is 0 Å². The number of ketones is 3. The summed E-state index contributed by atoms with van der Waals surface area (Å²) in [6, 6.07) is -1.31. The highest BCUT2D eigenvalue weighted by molar-refractivity contribution is 5.99. The molecule has 1 aliphatic heterocycles. The van der Waals surface area contributed by atoms with E-state index in [4.69, 9.17) is 34.4 Å². The number of β-amino-alcohol motifs (C(OH)–C–C–N with tert-alkyl or cyclic N) is 1. The van der Waals surface area contributed by atoms with Gasteiger partial charge in [0, 0.05) is 81.4 Å². The summed E-state index contributed by atoms with van der Waals surface area (Å²) in [5, 5.41) is 52.0. The summed E-state index contributed by atoms with van der Waals surface area (Å²) in [6.07, 6.45) is -1.40. The number of hydrogen-bond acceptors (Lipinski definition) is 17. The molecule has 472 valence electrons. The number of rotatable bonds is 40. The molecule has 0 bridgehead atoms. The maximum absolute atomic E-state index is 14.6. The highest BCUT2D eigenvalue weighted by atomic mass is 16.4. The number of likely N-dealkylation sites (tertiary alicyclic amines) is 1. The molecule has 1 unspecified atom stereocenters. The smallest absolute Gasteiger partial charge is 0.304 e. The van der Waals surface area contributed by atoms with Gasteiger partial charge in [0.15, 0.2) is 29.3 Å². The summed E-state index contributed by atoms with van der Waals surface area (Å²) in [7, 11) is 0. The van der Waals surface area contributed by atoms with Gasteiger partial charge in [0.1, 0.15) is 23.9 Å². The summed E-state index contributed by atoms with van der Waals surface area (Å²) in [5.41, 5.74) is 34.1. The minimum atomic E-state index is -1.80. The molecule has 0 aliphatic carbocycles. The lowest BCUT2D eigenvalue weighted by molar-refractivity contribution is -0.143. The zero-order valence-electron chi connectivity index (χ0n) is 49.0. The number of nitrogens with two attached hydrogens (primary N) is 6. The Kier molecular flexibility index (Phi) is 30.1. The van der Waals surface area contributed by atoms with Gasteiger partial charge in [0.25, 0.3) is 0 Å². The van der Waals surface area contributed by atoms with E-state index in [1.54, 1.807) is 6.92 Å². The van der Waals surface area contributed by atoms with Gasteiger partial charge in [-0.1, -0.05) is 32.9 Å². The summed E-state index contributed by atoms with van der Waals surface area (Å²) < 4.78 is 0. The predicted molar refractivity (Wildman–Crippen MR) is 312 cm³/mol. The van der Waals surface area contributed by atoms with Crippen LogP contribution in [0.25, 0.3) is 0 Å². The third-order valence-corrected chi connectivity index (χ3v) is 14.5. The van der Waals surface area contributed by atoms with Gasteiger partial charge in [-0.3, -0.25) is 57.9 Å². The lowest BCUT2D eigenvalue weighted by atomic mass is 9.87. The number of phenols is 1. The molecule has 1 aromatic carbocycles. The largest absolute Gasteiger partial charge is 0.508 e. The lowest BCUT2D eigenvalue weighted by Gasteiger charge is -2.29. The summed E-state index contributed by atoms with van der Waals surface area (Å²) >= 11 is 0. The standard InChI is InChI=1S/C56H89N15O14/c1-30(2)19-34(49(58)80)21-44(75)41(11-8-18-65-56(61)62)68-50(81)35(20-33-12-14-38(73)15-13-33)22-45(76)40(10-5-6-16-57)67-51(82)36(24-47(78)79)23-46(77)48(32(4)72)70-52(83)42(25-37-27-63-29-66-37)69-53(84)43-26-39(74)28-71(43)54(85)31(3)9-7-17-64-55(59)60/h12-15,27,29-32,34-36,39-43,48,72-74H,5-11,16-26,28,57H2,1-4H3,(H2,58,80)(H,63,66)(H,67,82)(H,68,81)(H,69,84)(H,70,83)(H,78,79)(H4,59,60,64)(H4,61,62,65)/t31-,32+,34+,35+,36-,39?,40-,41-,42-,43-,48-/m0/s1. The number of benzene rings is 1. The fraction of sp³-hybridized carbons (Fsp3) is 0.625. The molecule has 6 amide bonds. The van der Waals surface area contributed by atoms with Crippen LogP contribution in [0.1, 0.15) is 122 Å². The fourth-order valence-electron chi connectivity index (χ4n) is 9.99. The van der Waals surface area contributed by atoms with Crippen molar-refractivity contribution in [3.8, 4) is 5.75 Å². The molecule has 2 heterocycles. The molecule has 1 saturated heterocycles. The van der Waals surface area contributed by atoms with Gasteiger partial charge < -0.3 is 86.0 Å². The number of aliphatic imine (C=N–C) groups is 2. The Labute approximate surface area is 494 Å². The second-order valence-corrected chi connectivity index (χ2v) is 22.3. The number of H-pyrrole nitrogens is 1. The second-order valence-electron chi connectivity index (χ2n) is 22.3. The van der Waals surface area contributed by atoms with Gasteiger partial charge in [0.05, 0.1) is 43.0 Å². The number of aliphatic carboxylic acids is 1. The van der Waals surface area contributed by atoms with Crippen LogP contribution in [0, 0.1) is 29.6 Å². The van der Waals surface area contributed by atoms with Gasteiger partial charge in [-0.25, -0.2) is 4.98 Å². The van der Waals surface area contributed by atoms with Crippen LogP contribution in [0.5, 0.6) is 5.75 Å². The molecule has 29 heteroatoms. The number of primary amides is 1. The van der Waals surface area contributed by atoms with E-state index < -0.39 is 144 Å². The average molecular weight is 1200 g/mol. The second kappa shape index (κ2) is 35.9. The maximum Gasteiger partial charge on any atom is 0.304 e. The minimum absolute atomic E-state index is 0.00318. The number of aromatic amines is 1. The molecule has 0 spiro atoms. The van der Waals surface area contributed by atoms with Crippen molar-refractivity contribution in [1.29, 1.82) is 0 Å². The van der Waals surface area contributed by atoms with Gasteiger partial charge in [0.2, 0.25) is 35.4 Å². The van der Waals surface area contributed by atoms with Gasteiger partial charge in [-0.2, -0.15) is 0 Å². The van der Waals surface area contributed by atoms with E-state index in [2.05, 4.69) is 41.2 Å². The first-order valence-corrected chi connectivity index (χ1v) is 28.6. The molecule has 0 radical (unpaired) electrons. The third kappa shape index (κ3) is 25.4. The number of carboxylic acid groups (broad SMARTS) is 1. The molecule has 11 atom stereocenters. The number of Topliss-reactive ketones (excluding diaryl/α,β-unsaturated/α-hetero) is 3. The monoisotopic (exact) mass is 1200 g/mol. The number of imidazole rings is 1. The molecular weight excluding hydrogens is 1110 g/mol. The Morgan fingerprint density at radius 2 is 1.26 bits per heavy atom. The number of carbonyl (C=O) groups excluding carboxylic acids is 9. The number of aromatic nitrogens is 2. The number of nitrogens with one attached hydrogen (secondary N) is 5. The van der Waals surface area contributed by atoms with Crippen LogP contribution in [0.2, 0.25) is 0 Å². The summed E-state index contributed by atoms with van der Waals surface area (Å²) in [6.45, 7) is 6.88. The van der Waals surface area contributed by atoms with Crippen molar-refractivity contribution in [3.63, 3.8) is 0 Å². The van der Waals surface area contributed by atoms with Crippen LogP contribution in [0.3, 0.4) is 0 Å². The molecule has 1 fully saturated rings. The number of carboxylic acids is 1. The molecule has 29 nitrogen and oxygen atoms in total. The van der Waals surface area contributed by atoms with E-state index in [0.717, 1.165) is 6.92 Å². The normalized spacial score (nSPS) is 17.1. The van der Waals surface area contributed by atoms with Crippen molar-refractivity contribution < 1.29 is 68.4 Å². The van der Waals surface area contributed by atoms with Crippen LogP contribution < -0.4 is 55.7 Å². The van der Waals surface area contributed by atoms with Crippen molar-refractivity contribution in [1.82, 2.24) is 36.1 Å². The van der Waals surface area contributed by atoms with E-state index in [0.29, 0.717) is 36.9 Å². The van der Waals surface area contributed by atoms with Crippen LogP contribution in [0.4, 0.5) is 0 Å². The van der Waals surface area contributed by atoms with Crippen molar-refractivity contribution in [3.05, 3.63) is 48.0 Å². The molecule has 1 aliphatic rings. The highest BCUT2D eigenvalue weighted by Crippen LogP contribution is 2.25. The van der Waals surface area contributed by atoms with Crippen LogP contribution in [-0.2, 0) is 60.8 Å². The number of aliphatic hydroxyl groups is 2. The molecule has 2 aromatic rings. The van der Waals surface area contributed by atoms with Crippen LogP contribution in [-0.4, -0.2) is 175 Å². The Morgan fingerprint density at radius 3 is 1.79 bits per heavy atom. The average Bonchev–Trinajstić information content (AvgIpc) is 4.29. The van der Waals surface area contributed by atoms with Crippen LogP contribution in [0.15, 0.2) is 46.8 Å². The Balaban J connectivity index is 1.92. The van der Waals surface area contributed by atoms with Crippen molar-refractivity contribution >= 4 is 70.7 Å². The van der Waals surface area contributed by atoms with Gasteiger partial charge >= 0.3 is 5.97 Å². The molecule has 85 heavy (non-hydrogen) atoms. The molecule has 3 rings (SSSR count). The highest BCUT2D eigenvalue weighted by Gasteiger charge is 2.42. The first kappa shape index (κ1) is 71.2. The van der Waals surface area contributed by atoms with E-state index in [-0.39, 0.29) is 101 Å². The van der Waals surface area contributed by atoms with Crippen molar-refractivity contribution in [2.24, 2.45) is 74.0 Å². The number of aliphatic hydroxyl groups excluding tert-OH is 2. The first-order valence-electron chi connectivity index (χ1n) is 28.6. The van der Waals surface area contributed by atoms with E-state index in [1.165, 1.54) is 41.7 Å². The number of guanidine groups is 2. The molecule has 21 N–H and O–H groups in total. The molecular formula is C56H89N15O14. The van der Waals surface area contributed by atoms with Crippen LogP contribution >= 0.6 is 0 Å². The molecule has 1 aromatic heterocycles. The lowest BCUT2D eigenvalue weighted by Crippen LogP contribution is -2.58. The minimum Gasteiger partial charge on any atom is -0.508 e. The van der Waals surface area contributed by atoms with Gasteiger partial charge in [-0.05, 0) is 94.9 Å². The van der Waals surface area contributed by atoms with E-state index in [1.807, 2.05) is 13.8 Å². The zero-order chi connectivity index (χ0) is 63.5. The summed E-state index contributed by atoms with van der Waals surface area (Å²) in [4.78, 5) is 154. The number of amides is 6. The quantitative estimate of drug-likeness (QED) is 0.0191. The first-order chi connectivity index (χ1) is 40.1. The number of hydrogen-bond donors (Lipinski definition) is 15. The Hall–Kier alpha value is -8.05. The number of unbranched alkanes of at least 4 members (excludes halogenated alkanes) is 1. The molecule has 0 saturated carbocycles. The number of carbonyl (C=O) groups is 10. The maximum atomic E-state index is 14.6. The Morgan fingerprint density at radius 1 is 0.694 bits per heavy atom. The summed E-state index contributed by atoms with van der Waals surface area (Å²) in [5.74, 6) is -13.3. The zero-order valence-corrected chi connectivity index (χ0v) is 49.0. The number of phenolic OH excluding ortho intramolecular Hbond substituents is 1. The fourth-order valence-corrected chi connectivity index (χ4v) is 9.99. The predicted octanol–water partition coefficient (Wildman–Crippen LogP) is -2.21. The number of nitrogens with zero attached hydrogens (tertiary/aromatic N) is 4. The number of aromatic hydroxyl groups is 1. The van der Waals surface area contributed by atoms with E-state index >= 15 is 0 Å². The van der Waals surface area contributed by atoms with E-state index in [9.17, 15) is 68.4 Å².